The first-order chi connectivity index (χ1) is 14.2. The van der Waals surface area contributed by atoms with Crippen LogP contribution in [0.15, 0.2) is 67.1 Å². The molecule has 6 heteroatoms. The van der Waals surface area contributed by atoms with Crippen LogP contribution in [0.5, 0.6) is 0 Å². The molecule has 1 unspecified atom stereocenters. The third kappa shape index (κ3) is 4.66. The van der Waals surface area contributed by atoms with Crippen molar-refractivity contribution < 1.29 is 9.53 Å². The van der Waals surface area contributed by atoms with Crippen molar-refractivity contribution in [1.82, 2.24) is 14.9 Å². The van der Waals surface area contributed by atoms with Gasteiger partial charge in [-0.2, -0.15) is 0 Å². The molecule has 0 spiro atoms. The summed E-state index contributed by atoms with van der Waals surface area (Å²) in [6.45, 7) is 1.62. The molecule has 0 fully saturated rings. The van der Waals surface area contributed by atoms with Gasteiger partial charge in [0.2, 0.25) is 0 Å². The number of anilines is 1. The minimum absolute atomic E-state index is 0.167. The second-order valence-corrected chi connectivity index (χ2v) is 7.36. The van der Waals surface area contributed by atoms with E-state index in [9.17, 15) is 4.79 Å². The number of benzene rings is 2. The molecule has 4 rings (SSSR count). The van der Waals surface area contributed by atoms with Gasteiger partial charge >= 0.3 is 6.09 Å². The van der Waals surface area contributed by atoms with E-state index in [1.54, 1.807) is 4.90 Å². The normalized spacial score (nSPS) is 16.2. The van der Waals surface area contributed by atoms with Crippen LogP contribution in [0.4, 0.5) is 10.5 Å². The van der Waals surface area contributed by atoms with Crippen LogP contribution in [-0.2, 0) is 24.9 Å². The van der Waals surface area contributed by atoms with Gasteiger partial charge in [0.15, 0.2) is 0 Å². The van der Waals surface area contributed by atoms with Crippen LogP contribution in [0.3, 0.4) is 0 Å². The van der Waals surface area contributed by atoms with Crippen molar-refractivity contribution in [3.05, 3.63) is 83.9 Å². The van der Waals surface area contributed by atoms with Crippen molar-refractivity contribution in [1.29, 1.82) is 0 Å². The Balaban J connectivity index is 1.47. The summed E-state index contributed by atoms with van der Waals surface area (Å²) >= 11 is 0. The zero-order valence-electron chi connectivity index (χ0n) is 16.6. The number of para-hydroxylation sites is 1. The largest absolute Gasteiger partial charge is 0.444 e. The Bertz CT molecular complexity index is 954. The number of carbonyl (C=O) groups excluding carboxylic acids is 1. The second-order valence-electron chi connectivity index (χ2n) is 7.36. The maximum absolute atomic E-state index is 12.8. The molecule has 1 N–H and O–H groups in total. The first kappa shape index (κ1) is 19.2. The van der Waals surface area contributed by atoms with Crippen molar-refractivity contribution in [2.75, 3.05) is 11.4 Å². The number of nitrogens with one attached hydrogen (secondary N) is 1. The SMILES string of the molecule is Cn1cnc(CNC2CCCN(C(=O)OCc3ccccc3)c3ccccc32)c1. The summed E-state index contributed by atoms with van der Waals surface area (Å²) in [6, 6.07) is 18.0. The Morgan fingerprint density at radius 3 is 2.76 bits per heavy atom. The molecule has 1 atom stereocenters. The van der Waals surface area contributed by atoms with Crippen molar-refractivity contribution >= 4 is 11.8 Å². The molecule has 150 valence electrons. The number of rotatable bonds is 5. The van der Waals surface area contributed by atoms with Gasteiger partial charge in [-0.25, -0.2) is 9.78 Å². The van der Waals surface area contributed by atoms with E-state index < -0.39 is 0 Å². The number of hydrogen-bond donors (Lipinski definition) is 1. The molecule has 0 radical (unpaired) electrons. The van der Waals surface area contributed by atoms with E-state index in [0.29, 0.717) is 13.1 Å². The van der Waals surface area contributed by atoms with Gasteiger partial charge in [-0.15, -0.1) is 0 Å². The van der Waals surface area contributed by atoms with Gasteiger partial charge in [0.1, 0.15) is 6.61 Å². The topological polar surface area (TPSA) is 59.4 Å². The minimum atomic E-state index is -0.299. The predicted octanol–water partition coefficient (Wildman–Crippen LogP) is 4.19. The lowest BCUT2D eigenvalue weighted by atomic mass is 10.0. The number of aromatic nitrogens is 2. The van der Waals surface area contributed by atoms with Gasteiger partial charge in [0.05, 0.1) is 17.7 Å². The average Bonchev–Trinajstić information content (AvgIpc) is 3.08. The third-order valence-electron chi connectivity index (χ3n) is 5.19. The maximum Gasteiger partial charge on any atom is 0.414 e. The molecule has 0 saturated carbocycles. The van der Waals surface area contributed by atoms with E-state index in [1.807, 2.05) is 72.7 Å². The van der Waals surface area contributed by atoms with E-state index in [0.717, 1.165) is 35.3 Å². The van der Waals surface area contributed by atoms with Gasteiger partial charge in [-0.3, -0.25) is 4.90 Å². The smallest absolute Gasteiger partial charge is 0.414 e. The molecule has 1 aliphatic rings. The number of nitrogens with zero attached hydrogens (tertiary/aromatic N) is 3. The summed E-state index contributed by atoms with van der Waals surface area (Å²) in [6.07, 6.45) is 5.37. The molecule has 6 nitrogen and oxygen atoms in total. The number of hydrogen-bond acceptors (Lipinski definition) is 4. The Labute approximate surface area is 171 Å². The van der Waals surface area contributed by atoms with E-state index in [2.05, 4.69) is 16.4 Å². The molecule has 29 heavy (non-hydrogen) atoms. The number of fused-ring (bicyclic) bond motifs is 1. The highest BCUT2D eigenvalue weighted by molar-refractivity contribution is 5.89. The van der Waals surface area contributed by atoms with Crippen molar-refractivity contribution in [3.63, 3.8) is 0 Å². The highest BCUT2D eigenvalue weighted by Gasteiger charge is 2.27. The fraction of sp³-hybridized carbons (Fsp3) is 0.304. The molecular weight excluding hydrogens is 364 g/mol. The second kappa shape index (κ2) is 8.92. The van der Waals surface area contributed by atoms with Crippen LogP contribution >= 0.6 is 0 Å². The van der Waals surface area contributed by atoms with Crippen LogP contribution in [-0.4, -0.2) is 22.2 Å². The average molecular weight is 390 g/mol. The summed E-state index contributed by atoms with van der Waals surface area (Å²) in [5.74, 6) is 0. The Morgan fingerprint density at radius 2 is 1.97 bits per heavy atom. The van der Waals surface area contributed by atoms with Gasteiger partial charge in [0, 0.05) is 32.4 Å². The van der Waals surface area contributed by atoms with Gasteiger partial charge in [-0.05, 0) is 30.0 Å². The lowest BCUT2D eigenvalue weighted by molar-refractivity contribution is 0.147. The first-order valence-electron chi connectivity index (χ1n) is 9.98. The Hall–Kier alpha value is -3.12. The monoisotopic (exact) mass is 390 g/mol. The number of imidazole rings is 1. The molecule has 1 aliphatic heterocycles. The van der Waals surface area contributed by atoms with Gasteiger partial charge < -0.3 is 14.6 Å². The zero-order chi connectivity index (χ0) is 20.1. The molecule has 1 aromatic heterocycles. The zero-order valence-corrected chi connectivity index (χ0v) is 16.6. The van der Waals surface area contributed by atoms with E-state index in [-0.39, 0.29) is 18.7 Å². The predicted molar refractivity (Wildman–Crippen MR) is 112 cm³/mol. The van der Waals surface area contributed by atoms with Crippen LogP contribution in [0.25, 0.3) is 0 Å². The van der Waals surface area contributed by atoms with Gasteiger partial charge in [-0.1, -0.05) is 48.5 Å². The first-order valence-corrected chi connectivity index (χ1v) is 9.98. The molecule has 0 saturated heterocycles. The number of carbonyl (C=O) groups is 1. The molecule has 0 bridgehead atoms. The molecule has 0 aliphatic carbocycles. The van der Waals surface area contributed by atoms with Gasteiger partial charge in [0.25, 0.3) is 0 Å². The highest BCUT2D eigenvalue weighted by atomic mass is 16.6. The Morgan fingerprint density at radius 1 is 1.17 bits per heavy atom. The van der Waals surface area contributed by atoms with E-state index >= 15 is 0 Å². The quantitative estimate of drug-likeness (QED) is 0.710. The lowest BCUT2D eigenvalue weighted by Gasteiger charge is -2.24. The molecule has 3 aromatic rings. The highest BCUT2D eigenvalue weighted by Crippen LogP contribution is 2.33. The molecule has 2 aromatic carbocycles. The summed E-state index contributed by atoms with van der Waals surface area (Å²) < 4.78 is 7.55. The van der Waals surface area contributed by atoms with E-state index in [1.165, 1.54) is 0 Å². The van der Waals surface area contributed by atoms with Crippen LogP contribution in [0.1, 0.15) is 35.7 Å². The third-order valence-corrected chi connectivity index (χ3v) is 5.19. The minimum Gasteiger partial charge on any atom is -0.444 e. The molecular formula is C23H26N4O2. The summed E-state index contributed by atoms with van der Waals surface area (Å²) in [7, 11) is 1.97. The number of aryl methyl sites for hydroxylation is 1. The summed E-state index contributed by atoms with van der Waals surface area (Å²) in [5, 5.41) is 3.61. The summed E-state index contributed by atoms with van der Waals surface area (Å²) in [4.78, 5) is 19.0. The van der Waals surface area contributed by atoms with E-state index in [4.69, 9.17) is 4.74 Å². The number of amides is 1. The van der Waals surface area contributed by atoms with Crippen molar-refractivity contribution in [2.45, 2.75) is 32.0 Å². The maximum atomic E-state index is 12.8. The fourth-order valence-corrected chi connectivity index (χ4v) is 3.74. The fourth-order valence-electron chi connectivity index (χ4n) is 3.74. The number of ether oxygens (including phenoxy) is 1. The van der Waals surface area contributed by atoms with Crippen LogP contribution in [0, 0.1) is 0 Å². The lowest BCUT2D eigenvalue weighted by Crippen LogP contribution is -2.32. The molecule has 2 heterocycles. The Kier molecular flexibility index (Phi) is 5.91. The van der Waals surface area contributed by atoms with Crippen molar-refractivity contribution in [2.24, 2.45) is 7.05 Å². The molecule has 1 amide bonds. The van der Waals surface area contributed by atoms with Crippen LogP contribution < -0.4 is 10.2 Å². The summed E-state index contributed by atoms with van der Waals surface area (Å²) in [5.41, 5.74) is 4.03. The standard InChI is InChI=1S/C23H26N4O2/c1-26-15-19(25-17-26)14-24-21-11-7-13-27(22-12-6-5-10-20(21)22)23(28)29-16-18-8-3-2-4-9-18/h2-6,8-10,12,15,17,21,24H,7,11,13-14,16H2,1H3. The van der Waals surface area contributed by atoms with Crippen molar-refractivity contribution in [3.8, 4) is 0 Å². The van der Waals surface area contributed by atoms with Crippen LogP contribution in [0.2, 0.25) is 0 Å².